The Bertz CT molecular complexity index is 491. The molecular formula is C15H21NO3S. The van der Waals surface area contributed by atoms with Gasteiger partial charge in [-0.25, -0.2) is 0 Å². The van der Waals surface area contributed by atoms with Crippen LogP contribution in [0.4, 0.5) is 0 Å². The predicted molar refractivity (Wildman–Crippen MR) is 79.0 cm³/mol. The maximum absolute atomic E-state index is 12.0. The minimum atomic E-state index is -0.194. The summed E-state index contributed by atoms with van der Waals surface area (Å²) in [4.78, 5) is 24.0. The normalized spacial score (nSPS) is 22.9. The van der Waals surface area contributed by atoms with Crippen molar-refractivity contribution < 1.29 is 14.7 Å². The minimum Gasteiger partial charge on any atom is -0.393 e. The van der Waals surface area contributed by atoms with Crippen LogP contribution in [0.15, 0.2) is 11.4 Å². The van der Waals surface area contributed by atoms with Gasteiger partial charge in [0.05, 0.1) is 17.4 Å². The summed E-state index contributed by atoms with van der Waals surface area (Å²) in [7, 11) is 0. The quantitative estimate of drug-likeness (QED) is 0.790. The highest BCUT2D eigenvalue weighted by molar-refractivity contribution is 7.12. The zero-order valence-electron chi connectivity index (χ0n) is 11.9. The first-order valence-electron chi connectivity index (χ1n) is 7.05. The molecule has 1 aliphatic rings. The molecule has 0 radical (unpaired) electrons. The number of carbonyl (C=O) groups is 2. The maximum Gasteiger partial charge on any atom is 0.224 e. The summed E-state index contributed by atoms with van der Waals surface area (Å²) >= 11 is 1.38. The molecule has 0 spiro atoms. The predicted octanol–water partition coefficient (Wildman–Crippen LogP) is 2.16. The van der Waals surface area contributed by atoms with Gasteiger partial charge in [-0.2, -0.15) is 0 Å². The summed E-state index contributed by atoms with van der Waals surface area (Å²) < 4.78 is 0. The van der Waals surface area contributed by atoms with Crippen LogP contribution in [0.2, 0.25) is 0 Å². The lowest BCUT2D eigenvalue weighted by Gasteiger charge is -2.37. The van der Waals surface area contributed by atoms with Crippen molar-refractivity contribution in [1.29, 1.82) is 0 Å². The number of hydrogen-bond acceptors (Lipinski definition) is 4. The lowest BCUT2D eigenvalue weighted by Crippen LogP contribution is -2.47. The summed E-state index contributed by atoms with van der Waals surface area (Å²) in [6, 6.07) is 1.94. The largest absolute Gasteiger partial charge is 0.393 e. The van der Waals surface area contributed by atoms with E-state index in [1.807, 2.05) is 12.3 Å². The van der Waals surface area contributed by atoms with Crippen LogP contribution in [0.25, 0.3) is 0 Å². The van der Waals surface area contributed by atoms with Crippen molar-refractivity contribution in [3.63, 3.8) is 0 Å². The number of aliphatic hydroxyl groups excluding tert-OH is 1. The fourth-order valence-corrected chi connectivity index (χ4v) is 3.42. The van der Waals surface area contributed by atoms with Gasteiger partial charge < -0.3 is 10.4 Å². The van der Waals surface area contributed by atoms with E-state index in [0.717, 1.165) is 24.8 Å². The van der Waals surface area contributed by atoms with Crippen molar-refractivity contribution in [2.75, 3.05) is 0 Å². The number of ketones is 1. The lowest BCUT2D eigenvalue weighted by atomic mass is 9.76. The molecule has 1 aliphatic carbocycles. The number of aliphatic hydroxyl groups is 1. The van der Waals surface area contributed by atoms with E-state index in [1.165, 1.54) is 18.3 Å². The average Bonchev–Trinajstić information content (AvgIpc) is 2.81. The van der Waals surface area contributed by atoms with Crippen LogP contribution in [-0.2, 0) is 11.2 Å². The molecule has 0 bridgehead atoms. The molecule has 4 nitrogen and oxygen atoms in total. The minimum absolute atomic E-state index is 0.00820. The van der Waals surface area contributed by atoms with Crippen LogP contribution >= 0.6 is 11.3 Å². The second-order valence-corrected chi connectivity index (χ2v) is 6.43. The van der Waals surface area contributed by atoms with Gasteiger partial charge in [0, 0.05) is 6.04 Å². The third-order valence-electron chi connectivity index (χ3n) is 3.87. The van der Waals surface area contributed by atoms with E-state index in [4.69, 9.17) is 0 Å². The second-order valence-electron chi connectivity index (χ2n) is 5.52. The van der Waals surface area contributed by atoms with E-state index in [2.05, 4.69) is 5.32 Å². The van der Waals surface area contributed by atoms with Crippen LogP contribution in [0.5, 0.6) is 0 Å². The number of hydrogen-bond donors (Lipinski definition) is 2. The highest BCUT2D eigenvalue weighted by atomic mass is 32.1. The standard InChI is InChI=1S/C15H21NO3S/c1-3-13(11-6-12(18)7-11)16-15(19)5-10-4-14(9(2)17)20-8-10/h4,8,11-13,18H,3,5-7H2,1-2H3,(H,16,19). The third-order valence-corrected chi connectivity index (χ3v) is 4.95. The summed E-state index contributed by atoms with van der Waals surface area (Å²) in [5.41, 5.74) is 0.890. The summed E-state index contributed by atoms with van der Waals surface area (Å²) in [6.07, 6.45) is 2.57. The van der Waals surface area contributed by atoms with Crippen LogP contribution < -0.4 is 5.32 Å². The maximum atomic E-state index is 12.0. The molecule has 5 heteroatoms. The van der Waals surface area contributed by atoms with E-state index in [-0.39, 0.29) is 23.8 Å². The van der Waals surface area contributed by atoms with E-state index >= 15 is 0 Å². The van der Waals surface area contributed by atoms with E-state index < -0.39 is 0 Å². The topological polar surface area (TPSA) is 66.4 Å². The first-order chi connectivity index (χ1) is 9.49. The molecule has 110 valence electrons. The second kappa shape index (κ2) is 6.50. The number of rotatable bonds is 6. The highest BCUT2D eigenvalue weighted by Crippen LogP contribution is 2.31. The molecule has 1 unspecified atom stereocenters. The molecule has 1 heterocycles. The van der Waals surface area contributed by atoms with E-state index in [0.29, 0.717) is 17.2 Å². The SMILES string of the molecule is CCC(NC(=O)Cc1csc(C(C)=O)c1)C1CC(O)C1. The van der Waals surface area contributed by atoms with Crippen molar-refractivity contribution in [3.05, 3.63) is 21.9 Å². The zero-order valence-corrected chi connectivity index (χ0v) is 12.7. The Balaban J connectivity index is 1.85. The summed E-state index contributed by atoms with van der Waals surface area (Å²) in [6.45, 7) is 3.58. The smallest absolute Gasteiger partial charge is 0.224 e. The molecule has 2 rings (SSSR count). The molecule has 0 aromatic carbocycles. The number of Topliss-reactive ketones (excluding diaryl/α,β-unsaturated/α-hetero) is 1. The Morgan fingerprint density at radius 2 is 2.20 bits per heavy atom. The number of nitrogens with one attached hydrogen (secondary N) is 1. The highest BCUT2D eigenvalue weighted by Gasteiger charge is 2.33. The number of carbonyl (C=O) groups excluding carboxylic acids is 2. The van der Waals surface area contributed by atoms with Gasteiger partial charge in [-0.3, -0.25) is 9.59 Å². The first-order valence-corrected chi connectivity index (χ1v) is 7.93. The number of thiophene rings is 1. The van der Waals surface area contributed by atoms with Crippen molar-refractivity contribution in [2.45, 2.75) is 51.7 Å². The van der Waals surface area contributed by atoms with Gasteiger partial charge in [0.25, 0.3) is 0 Å². The Labute approximate surface area is 123 Å². The molecule has 2 N–H and O–H groups in total. The molecule has 1 saturated carbocycles. The van der Waals surface area contributed by atoms with Crippen molar-refractivity contribution in [3.8, 4) is 0 Å². The molecule has 0 aliphatic heterocycles. The van der Waals surface area contributed by atoms with Gasteiger partial charge in [0.2, 0.25) is 5.91 Å². The van der Waals surface area contributed by atoms with Gasteiger partial charge in [-0.15, -0.1) is 11.3 Å². The Morgan fingerprint density at radius 3 is 2.70 bits per heavy atom. The molecule has 1 aromatic heterocycles. The average molecular weight is 295 g/mol. The van der Waals surface area contributed by atoms with Crippen molar-refractivity contribution in [1.82, 2.24) is 5.32 Å². The van der Waals surface area contributed by atoms with Gasteiger partial charge in [-0.1, -0.05) is 6.92 Å². The van der Waals surface area contributed by atoms with Crippen LogP contribution in [-0.4, -0.2) is 28.9 Å². The fraction of sp³-hybridized carbons (Fsp3) is 0.600. The van der Waals surface area contributed by atoms with Gasteiger partial charge >= 0.3 is 0 Å². The molecule has 20 heavy (non-hydrogen) atoms. The zero-order chi connectivity index (χ0) is 14.7. The van der Waals surface area contributed by atoms with Crippen LogP contribution in [0, 0.1) is 5.92 Å². The van der Waals surface area contributed by atoms with Gasteiger partial charge in [-0.05, 0) is 49.1 Å². The fourth-order valence-electron chi connectivity index (χ4n) is 2.61. The molecule has 0 saturated heterocycles. The Morgan fingerprint density at radius 1 is 1.50 bits per heavy atom. The lowest BCUT2D eigenvalue weighted by molar-refractivity contribution is -0.122. The monoisotopic (exact) mass is 295 g/mol. The molecule has 1 aromatic rings. The molecule has 1 amide bonds. The van der Waals surface area contributed by atoms with Gasteiger partial charge in [0.15, 0.2) is 5.78 Å². The molecule has 1 atom stereocenters. The van der Waals surface area contributed by atoms with Crippen molar-refractivity contribution in [2.24, 2.45) is 5.92 Å². The molecular weight excluding hydrogens is 274 g/mol. The molecule has 1 fully saturated rings. The van der Waals surface area contributed by atoms with E-state index in [9.17, 15) is 14.7 Å². The third kappa shape index (κ3) is 3.67. The van der Waals surface area contributed by atoms with Gasteiger partial charge in [0.1, 0.15) is 0 Å². The summed E-state index contributed by atoms with van der Waals surface area (Å²) in [5.74, 6) is 0.428. The first kappa shape index (κ1) is 15.2. The van der Waals surface area contributed by atoms with Crippen LogP contribution in [0.1, 0.15) is 48.3 Å². The van der Waals surface area contributed by atoms with E-state index in [1.54, 1.807) is 6.07 Å². The Hall–Kier alpha value is -1.20. The summed E-state index contributed by atoms with van der Waals surface area (Å²) in [5, 5.41) is 14.3. The van der Waals surface area contributed by atoms with Crippen molar-refractivity contribution >= 4 is 23.0 Å². The Kier molecular flexibility index (Phi) is 4.94. The number of amides is 1. The van der Waals surface area contributed by atoms with Crippen LogP contribution in [0.3, 0.4) is 0 Å².